The number of amides is 1. The van der Waals surface area contributed by atoms with Gasteiger partial charge in [0.1, 0.15) is 10.8 Å². The van der Waals surface area contributed by atoms with Crippen molar-refractivity contribution in [1.82, 2.24) is 10.3 Å². The highest BCUT2D eigenvalue weighted by molar-refractivity contribution is 7.13. The molecular formula is C20H28N2O3S. The van der Waals surface area contributed by atoms with Gasteiger partial charge >= 0.3 is 0 Å². The summed E-state index contributed by atoms with van der Waals surface area (Å²) in [5.41, 5.74) is 1.75. The number of nitrogens with zero attached hydrogens (tertiary/aromatic N) is 1. The van der Waals surface area contributed by atoms with Crippen molar-refractivity contribution in [2.45, 2.75) is 39.5 Å². The van der Waals surface area contributed by atoms with Crippen LogP contribution in [0.3, 0.4) is 0 Å². The van der Waals surface area contributed by atoms with Gasteiger partial charge < -0.3 is 14.8 Å². The van der Waals surface area contributed by atoms with E-state index in [-0.39, 0.29) is 5.91 Å². The van der Waals surface area contributed by atoms with Crippen LogP contribution in [0.15, 0.2) is 29.6 Å². The number of ether oxygens (including phenoxy) is 2. The number of para-hydroxylation sites is 1. The number of carbonyl (C=O) groups excluding carboxylic acids is 1. The summed E-state index contributed by atoms with van der Waals surface area (Å²) in [4.78, 5) is 16.6. The van der Waals surface area contributed by atoms with Crippen LogP contribution in [0.5, 0.6) is 5.75 Å². The van der Waals surface area contributed by atoms with Crippen molar-refractivity contribution in [2.75, 3.05) is 26.4 Å². The number of carbonyl (C=O) groups is 1. The van der Waals surface area contributed by atoms with E-state index in [9.17, 15) is 4.79 Å². The number of aromatic nitrogens is 1. The zero-order chi connectivity index (χ0) is 18.6. The van der Waals surface area contributed by atoms with E-state index >= 15 is 0 Å². The second-order valence-corrected chi connectivity index (χ2v) is 6.78. The number of hydrogen-bond donors (Lipinski definition) is 1. The average Bonchev–Trinajstić information content (AvgIpc) is 3.10. The molecule has 5 nitrogen and oxygen atoms in total. The van der Waals surface area contributed by atoms with Crippen molar-refractivity contribution in [2.24, 2.45) is 0 Å². The van der Waals surface area contributed by atoms with Crippen molar-refractivity contribution < 1.29 is 14.3 Å². The van der Waals surface area contributed by atoms with Crippen molar-refractivity contribution in [3.63, 3.8) is 0 Å². The molecule has 0 saturated carbocycles. The predicted octanol–water partition coefficient (Wildman–Crippen LogP) is 4.07. The number of thiazole rings is 1. The lowest BCUT2D eigenvalue weighted by Gasteiger charge is -2.07. The van der Waals surface area contributed by atoms with E-state index in [1.807, 2.05) is 36.6 Å². The minimum absolute atomic E-state index is 0.00602. The number of hydrogen-bond acceptors (Lipinski definition) is 5. The van der Waals surface area contributed by atoms with Gasteiger partial charge in [-0.1, -0.05) is 25.5 Å². The zero-order valence-electron chi connectivity index (χ0n) is 15.6. The van der Waals surface area contributed by atoms with Crippen molar-refractivity contribution in [3.8, 4) is 16.3 Å². The Morgan fingerprint density at radius 1 is 1.19 bits per heavy atom. The van der Waals surface area contributed by atoms with E-state index in [4.69, 9.17) is 9.47 Å². The molecule has 0 aliphatic rings. The van der Waals surface area contributed by atoms with Crippen molar-refractivity contribution >= 4 is 17.2 Å². The summed E-state index contributed by atoms with van der Waals surface area (Å²) in [6.45, 7) is 6.84. The van der Waals surface area contributed by atoms with E-state index in [1.54, 1.807) is 0 Å². The molecule has 1 heterocycles. The number of rotatable bonds is 12. The van der Waals surface area contributed by atoms with Crippen molar-refractivity contribution in [3.05, 3.63) is 35.3 Å². The maximum absolute atomic E-state index is 12.1. The van der Waals surface area contributed by atoms with Gasteiger partial charge in [-0.3, -0.25) is 4.79 Å². The van der Waals surface area contributed by atoms with Crippen LogP contribution in [0.2, 0.25) is 0 Å². The second kappa shape index (κ2) is 11.6. The summed E-state index contributed by atoms with van der Waals surface area (Å²) in [5, 5.41) is 5.74. The lowest BCUT2D eigenvalue weighted by molar-refractivity contribution is -0.120. The molecule has 1 N–H and O–H groups in total. The Morgan fingerprint density at radius 3 is 2.81 bits per heavy atom. The third kappa shape index (κ3) is 6.77. The smallest absolute Gasteiger partial charge is 0.226 e. The van der Waals surface area contributed by atoms with Crippen molar-refractivity contribution in [1.29, 1.82) is 0 Å². The Bertz CT molecular complexity index is 673. The van der Waals surface area contributed by atoms with Crippen LogP contribution in [0.25, 0.3) is 10.6 Å². The molecule has 0 aliphatic heterocycles. The molecule has 1 aromatic heterocycles. The number of nitrogens with one attached hydrogen (secondary N) is 1. The quantitative estimate of drug-likeness (QED) is 0.567. The van der Waals surface area contributed by atoms with Crippen LogP contribution in [0, 0.1) is 0 Å². The molecule has 0 spiro atoms. The zero-order valence-corrected chi connectivity index (χ0v) is 16.4. The van der Waals surface area contributed by atoms with Gasteiger partial charge in [-0.2, -0.15) is 0 Å². The maximum atomic E-state index is 12.1. The molecule has 2 rings (SSSR count). The van der Waals surface area contributed by atoms with E-state index in [2.05, 4.69) is 17.2 Å². The normalized spacial score (nSPS) is 10.7. The molecular weight excluding hydrogens is 348 g/mol. The monoisotopic (exact) mass is 376 g/mol. The highest BCUT2D eigenvalue weighted by Crippen LogP contribution is 2.32. The fourth-order valence-corrected chi connectivity index (χ4v) is 3.26. The van der Waals surface area contributed by atoms with Crippen LogP contribution < -0.4 is 10.1 Å². The van der Waals surface area contributed by atoms with E-state index < -0.39 is 0 Å². The lowest BCUT2D eigenvalue weighted by atomic mass is 10.2. The van der Waals surface area contributed by atoms with Crippen LogP contribution in [-0.2, 0) is 16.0 Å². The molecule has 26 heavy (non-hydrogen) atoms. The van der Waals surface area contributed by atoms with Crippen LogP contribution >= 0.6 is 11.3 Å². The first kappa shape index (κ1) is 20.4. The lowest BCUT2D eigenvalue weighted by Crippen LogP contribution is -2.27. The molecule has 0 aliphatic carbocycles. The van der Waals surface area contributed by atoms with Gasteiger partial charge in [-0.05, 0) is 31.9 Å². The molecule has 2 aromatic rings. The average molecular weight is 377 g/mol. The summed E-state index contributed by atoms with van der Waals surface area (Å²) in [6.07, 6.45) is 3.36. The molecule has 0 unspecified atom stereocenters. The maximum Gasteiger partial charge on any atom is 0.226 e. The summed E-state index contributed by atoms with van der Waals surface area (Å²) in [5.74, 6) is 0.817. The van der Waals surface area contributed by atoms with Gasteiger partial charge in [0.25, 0.3) is 0 Å². The Kier molecular flexibility index (Phi) is 9.14. The first-order valence-electron chi connectivity index (χ1n) is 9.25. The van der Waals surface area contributed by atoms with Crippen LogP contribution in [0.1, 0.15) is 38.8 Å². The van der Waals surface area contributed by atoms with Crippen LogP contribution in [0.4, 0.5) is 0 Å². The third-order valence-electron chi connectivity index (χ3n) is 3.74. The Morgan fingerprint density at radius 2 is 2.00 bits per heavy atom. The highest BCUT2D eigenvalue weighted by atomic mass is 32.1. The number of unbranched alkanes of at least 4 members (excludes halogenated alkanes) is 1. The van der Waals surface area contributed by atoms with E-state index in [1.165, 1.54) is 11.3 Å². The summed E-state index contributed by atoms with van der Waals surface area (Å²) in [7, 11) is 0. The first-order chi connectivity index (χ1) is 12.7. The summed E-state index contributed by atoms with van der Waals surface area (Å²) < 4.78 is 11.1. The molecule has 0 fully saturated rings. The van der Waals surface area contributed by atoms with Crippen LogP contribution in [-0.4, -0.2) is 37.3 Å². The molecule has 0 bridgehead atoms. The topological polar surface area (TPSA) is 60.5 Å². The minimum Gasteiger partial charge on any atom is -0.493 e. The van der Waals surface area contributed by atoms with E-state index in [0.717, 1.165) is 47.9 Å². The fraction of sp³-hybridized carbons (Fsp3) is 0.500. The Labute approximate surface area is 159 Å². The summed E-state index contributed by atoms with van der Waals surface area (Å²) >= 11 is 1.53. The van der Waals surface area contributed by atoms with Gasteiger partial charge in [0.15, 0.2) is 0 Å². The standard InChI is InChI=1S/C20H28N2O3S/c1-3-5-12-24-13-8-11-21-19(23)14-16-15-26-20(22-16)17-9-6-7-10-18(17)25-4-2/h6-7,9-10,15H,3-5,8,11-14H2,1-2H3,(H,21,23). The number of benzene rings is 1. The second-order valence-electron chi connectivity index (χ2n) is 5.92. The molecule has 142 valence electrons. The molecule has 0 saturated heterocycles. The molecule has 6 heteroatoms. The fourth-order valence-electron chi connectivity index (χ4n) is 2.41. The Balaban J connectivity index is 1.78. The molecule has 0 atom stereocenters. The predicted molar refractivity (Wildman–Crippen MR) is 106 cm³/mol. The van der Waals surface area contributed by atoms with Gasteiger partial charge in [-0.25, -0.2) is 4.98 Å². The summed E-state index contributed by atoms with van der Waals surface area (Å²) in [6, 6.07) is 7.85. The van der Waals surface area contributed by atoms with Gasteiger partial charge in [0.2, 0.25) is 5.91 Å². The van der Waals surface area contributed by atoms with Gasteiger partial charge in [0, 0.05) is 25.1 Å². The molecule has 1 amide bonds. The largest absolute Gasteiger partial charge is 0.493 e. The van der Waals surface area contributed by atoms with Gasteiger partial charge in [0.05, 0.1) is 24.3 Å². The third-order valence-corrected chi connectivity index (χ3v) is 4.66. The highest BCUT2D eigenvalue weighted by Gasteiger charge is 2.12. The molecule has 1 aromatic carbocycles. The van der Waals surface area contributed by atoms with Gasteiger partial charge in [-0.15, -0.1) is 11.3 Å². The minimum atomic E-state index is -0.00602. The molecule has 0 radical (unpaired) electrons. The Hall–Kier alpha value is -1.92. The van der Waals surface area contributed by atoms with E-state index in [0.29, 0.717) is 26.2 Å². The first-order valence-corrected chi connectivity index (χ1v) is 10.1. The SMILES string of the molecule is CCCCOCCCNC(=O)Cc1csc(-c2ccccc2OCC)n1.